The quantitative estimate of drug-likeness (QED) is 0.310. The summed E-state index contributed by atoms with van der Waals surface area (Å²) in [4.78, 5) is 28.9. The van der Waals surface area contributed by atoms with Crippen molar-refractivity contribution in [2.45, 2.75) is 70.3 Å². The summed E-state index contributed by atoms with van der Waals surface area (Å²) >= 11 is 5.49. The molecule has 13 heteroatoms. The molecule has 2 aliphatic rings. The van der Waals surface area contributed by atoms with Crippen LogP contribution in [0.3, 0.4) is 0 Å². The molecule has 2 aromatic rings. The molecule has 0 spiro atoms. The molecule has 0 radical (unpaired) electrons. The van der Waals surface area contributed by atoms with Crippen molar-refractivity contribution in [3.63, 3.8) is 0 Å². The van der Waals surface area contributed by atoms with Crippen LogP contribution in [0.1, 0.15) is 58.6 Å². The van der Waals surface area contributed by atoms with E-state index in [1.165, 1.54) is 47.9 Å². The van der Waals surface area contributed by atoms with E-state index in [1.807, 2.05) is 0 Å². The monoisotopic (exact) mass is 592 g/mol. The third kappa shape index (κ3) is 5.28. The summed E-state index contributed by atoms with van der Waals surface area (Å²) in [5.41, 5.74) is -4.71. The Hall–Kier alpha value is -3.92. The number of carbonyl (C=O) groups is 2. The number of carboxylic acid groups (broad SMARTS) is 1. The van der Waals surface area contributed by atoms with Crippen LogP contribution < -0.4 is 14.5 Å². The van der Waals surface area contributed by atoms with Gasteiger partial charge in [-0.1, -0.05) is 0 Å². The normalized spacial score (nSPS) is 17.9. The van der Waals surface area contributed by atoms with Gasteiger partial charge in [-0.2, -0.15) is 18.4 Å². The molecule has 0 atom stereocenters. The smallest absolute Gasteiger partial charge is 0.417 e. The van der Waals surface area contributed by atoms with Crippen LogP contribution in [-0.2, 0) is 11.0 Å². The van der Waals surface area contributed by atoms with Gasteiger partial charge in [-0.05, 0) is 90.0 Å². The highest BCUT2D eigenvalue weighted by Crippen LogP contribution is 2.46. The van der Waals surface area contributed by atoms with Gasteiger partial charge in [0.15, 0.2) is 16.7 Å². The number of benzene rings is 2. The van der Waals surface area contributed by atoms with Gasteiger partial charge in [-0.3, -0.25) is 14.6 Å². The van der Waals surface area contributed by atoms with E-state index in [9.17, 15) is 27.9 Å². The van der Waals surface area contributed by atoms with Crippen LogP contribution in [0.15, 0.2) is 36.4 Å². The van der Waals surface area contributed by atoms with Gasteiger partial charge >= 0.3 is 12.3 Å². The number of rotatable bonds is 6. The number of carbonyl (C=O) groups excluding carboxylic acids is 1. The zero-order chi connectivity index (χ0) is 30.7. The van der Waals surface area contributed by atoms with Gasteiger partial charge in [0.25, 0.3) is 5.91 Å². The van der Waals surface area contributed by atoms with E-state index in [0.717, 1.165) is 17.0 Å². The Morgan fingerprint density at radius 3 is 2.24 bits per heavy atom. The number of anilines is 2. The highest BCUT2D eigenvalue weighted by molar-refractivity contribution is 7.81. The van der Waals surface area contributed by atoms with Crippen LogP contribution in [0.4, 0.5) is 33.7 Å². The summed E-state index contributed by atoms with van der Waals surface area (Å²) in [6, 6.07) is 8.23. The fraction of sp³-hybridized carbons (Fsp3) is 0.429. The van der Waals surface area contributed by atoms with Crippen molar-refractivity contribution < 1.29 is 37.0 Å². The van der Waals surface area contributed by atoms with Gasteiger partial charge in [-0.15, -0.1) is 0 Å². The second-order valence-corrected chi connectivity index (χ2v) is 11.9. The van der Waals surface area contributed by atoms with Crippen LogP contribution in [0.5, 0.6) is 5.75 Å². The lowest BCUT2D eigenvalue weighted by molar-refractivity contribution is -0.137. The molecule has 1 N–H and O–H groups in total. The Labute approximate surface area is 239 Å². The van der Waals surface area contributed by atoms with E-state index in [4.69, 9.17) is 22.2 Å². The number of thiocarbonyl (C=S) groups is 1. The third-order valence-corrected chi connectivity index (χ3v) is 7.55. The van der Waals surface area contributed by atoms with Gasteiger partial charge in [0, 0.05) is 17.3 Å². The predicted molar refractivity (Wildman–Crippen MR) is 146 cm³/mol. The summed E-state index contributed by atoms with van der Waals surface area (Å²) in [5.74, 6) is -1.57. The highest BCUT2D eigenvalue weighted by Gasteiger charge is 2.55. The van der Waals surface area contributed by atoms with E-state index in [1.54, 1.807) is 20.8 Å². The molecular formula is C28H28F4N4O4S. The minimum absolute atomic E-state index is 0.0625. The van der Waals surface area contributed by atoms with E-state index in [0.29, 0.717) is 18.9 Å². The van der Waals surface area contributed by atoms with Crippen LogP contribution in [0.25, 0.3) is 0 Å². The van der Waals surface area contributed by atoms with Crippen molar-refractivity contribution in [3.8, 4) is 11.8 Å². The zero-order valence-corrected chi connectivity index (χ0v) is 23.8. The molecule has 0 aromatic heterocycles. The van der Waals surface area contributed by atoms with Crippen LogP contribution in [0, 0.1) is 17.1 Å². The molecule has 1 saturated carbocycles. The summed E-state index contributed by atoms with van der Waals surface area (Å²) in [7, 11) is 0. The second-order valence-electron chi connectivity index (χ2n) is 11.6. The van der Waals surface area contributed by atoms with Crippen LogP contribution >= 0.6 is 12.2 Å². The number of nitrogens with zero attached hydrogens (tertiary/aromatic N) is 4. The average molecular weight is 593 g/mol. The van der Waals surface area contributed by atoms with Crippen molar-refractivity contribution in [2.24, 2.45) is 0 Å². The number of halogens is 4. The molecule has 2 fully saturated rings. The highest BCUT2D eigenvalue weighted by atomic mass is 32.1. The first-order chi connectivity index (χ1) is 18.8. The van der Waals surface area contributed by atoms with Crippen molar-refractivity contribution >= 4 is 40.7 Å². The molecule has 218 valence electrons. The molecule has 1 aliphatic heterocycles. The molecule has 1 aliphatic carbocycles. The summed E-state index contributed by atoms with van der Waals surface area (Å²) in [5, 5.41) is 18.7. The average Bonchev–Trinajstić information content (AvgIpc) is 3.58. The zero-order valence-electron chi connectivity index (χ0n) is 23.0. The maximum Gasteiger partial charge on any atom is 0.417 e. The maximum absolute atomic E-state index is 15.3. The molecule has 4 rings (SSSR count). The lowest BCUT2D eigenvalue weighted by Gasteiger charge is -2.40. The largest absolute Gasteiger partial charge is 0.488 e. The number of hydrogen-bond acceptors (Lipinski definition) is 5. The van der Waals surface area contributed by atoms with Gasteiger partial charge in [0.2, 0.25) is 0 Å². The molecule has 0 bridgehead atoms. The van der Waals surface area contributed by atoms with E-state index in [2.05, 4.69) is 0 Å². The third-order valence-electron chi connectivity index (χ3n) is 7.19. The van der Waals surface area contributed by atoms with Crippen LogP contribution in [0.2, 0.25) is 0 Å². The molecule has 2 aromatic carbocycles. The molecule has 8 nitrogen and oxygen atoms in total. The Balaban J connectivity index is 1.61. The number of ether oxygens (including phenoxy) is 1. The Kier molecular flexibility index (Phi) is 7.23. The predicted octanol–water partition coefficient (Wildman–Crippen LogP) is 6.32. The Morgan fingerprint density at radius 1 is 1.15 bits per heavy atom. The fourth-order valence-electron chi connectivity index (χ4n) is 5.20. The first-order valence-electron chi connectivity index (χ1n) is 12.6. The second kappa shape index (κ2) is 9.87. The lowest BCUT2D eigenvalue weighted by atomic mass is 10.0. The molecular weight excluding hydrogens is 564 g/mol. The van der Waals surface area contributed by atoms with Gasteiger partial charge in [-0.25, -0.2) is 9.18 Å². The standard InChI is InChI=1S/C28H28F4N4O4S/c1-25(2,3)36(24(38)39)27(10-11-27)15-40-21-9-8-18(13-20(21)29)35-23(41)34(22(37)26(35,4)5)17-7-6-16(14-33)19(12-17)28(30,31)32/h6-9,12-13H,10-11,15H2,1-5H3,(H,38,39). The Morgan fingerprint density at radius 2 is 1.76 bits per heavy atom. The van der Waals surface area contributed by atoms with Crippen molar-refractivity contribution in [1.82, 2.24) is 4.90 Å². The SMILES string of the molecule is CC(C)(C)N(C(=O)O)C1(COc2ccc(N3C(=S)N(c4ccc(C#N)c(C(F)(F)F)c4)C(=O)C3(C)C)cc2F)CC1. The van der Waals surface area contributed by atoms with Gasteiger partial charge in [0.1, 0.15) is 12.1 Å². The number of alkyl halides is 3. The minimum Gasteiger partial charge on any atom is -0.488 e. The number of amides is 2. The molecule has 41 heavy (non-hydrogen) atoms. The number of hydrogen-bond donors (Lipinski definition) is 1. The van der Waals surface area contributed by atoms with E-state index < -0.39 is 51.7 Å². The van der Waals surface area contributed by atoms with Crippen molar-refractivity contribution in [3.05, 3.63) is 53.3 Å². The van der Waals surface area contributed by atoms with E-state index in [-0.39, 0.29) is 28.8 Å². The maximum atomic E-state index is 15.3. The van der Waals surface area contributed by atoms with E-state index >= 15 is 4.39 Å². The Bertz CT molecular complexity index is 1470. The summed E-state index contributed by atoms with van der Waals surface area (Å²) in [6.45, 7) is 8.24. The summed E-state index contributed by atoms with van der Waals surface area (Å²) < 4.78 is 61.7. The first kappa shape index (κ1) is 30.0. The molecule has 1 heterocycles. The minimum atomic E-state index is -4.84. The molecule has 1 saturated heterocycles. The summed E-state index contributed by atoms with van der Waals surface area (Å²) in [6.07, 6.45) is -4.81. The molecule has 2 amide bonds. The molecule has 0 unspecified atom stereocenters. The van der Waals surface area contributed by atoms with Gasteiger partial charge < -0.3 is 14.7 Å². The van der Waals surface area contributed by atoms with Gasteiger partial charge in [0.05, 0.1) is 28.4 Å². The van der Waals surface area contributed by atoms with Crippen molar-refractivity contribution in [1.29, 1.82) is 5.26 Å². The van der Waals surface area contributed by atoms with Crippen molar-refractivity contribution in [2.75, 3.05) is 16.4 Å². The number of nitriles is 1. The first-order valence-corrected chi connectivity index (χ1v) is 13.0. The fourth-order valence-corrected chi connectivity index (χ4v) is 5.72. The van der Waals surface area contributed by atoms with Crippen LogP contribution in [-0.4, -0.2) is 50.3 Å². The topological polar surface area (TPSA) is 97.1 Å². The lowest BCUT2D eigenvalue weighted by Crippen LogP contribution is -2.55.